The first kappa shape index (κ1) is 29.0. The lowest BCUT2D eigenvalue weighted by atomic mass is 10.0. The molecule has 1 aromatic heterocycles. The summed E-state index contributed by atoms with van der Waals surface area (Å²) < 4.78 is 28.8. The van der Waals surface area contributed by atoms with Crippen LogP contribution in [-0.2, 0) is 14.8 Å². The Morgan fingerprint density at radius 3 is 2.30 bits per heavy atom. The Kier molecular flexibility index (Phi) is 9.00. The van der Waals surface area contributed by atoms with Crippen LogP contribution in [0.1, 0.15) is 46.3 Å². The van der Waals surface area contributed by atoms with E-state index in [0.717, 1.165) is 37.2 Å². The normalized spacial score (nSPS) is 14.9. The number of aromatic nitrogens is 2. The van der Waals surface area contributed by atoms with E-state index >= 15 is 0 Å². The topological polar surface area (TPSA) is 154 Å². The number of sulfonamides is 1. The molecule has 0 bridgehead atoms. The molecule has 1 aliphatic heterocycles. The van der Waals surface area contributed by atoms with E-state index in [-0.39, 0.29) is 10.9 Å². The molecule has 3 aromatic rings. The molecule has 40 heavy (non-hydrogen) atoms. The van der Waals surface area contributed by atoms with Crippen molar-refractivity contribution in [1.82, 2.24) is 20.0 Å². The highest BCUT2D eigenvalue weighted by molar-refractivity contribution is 7.89. The molecule has 1 fully saturated rings. The van der Waals surface area contributed by atoms with Gasteiger partial charge < -0.3 is 20.6 Å². The molecule has 0 saturated carbocycles. The highest BCUT2D eigenvalue weighted by Crippen LogP contribution is 2.24. The summed E-state index contributed by atoms with van der Waals surface area (Å²) in [7, 11) is -4.12. The van der Waals surface area contributed by atoms with Gasteiger partial charge in [-0.05, 0) is 69.0 Å². The van der Waals surface area contributed by atoms with Crippen LogP contribution < -0.4 is 20.3 Å². The predicted molar refractivity (Wildman–Crippen MR) is 152 cm³/mol. The van der Waals surface area contributed by atoms with Crippen LogP contribution in [0.2, 0.25) is 0 Å². The maximum atomic E-state index is 13.2. The Balaban J connectivity index is 1.43. The molecule has 1 atom stereocenters. The summed E-state index contributed by atoms with van der Waals surface area (Å²) >= 11 is 0. The van der Waals surface area contributed by atoms with Crippen molar-refractivity contribution >= 4 is 33.5 Å². The molecule has 1 saturated heterocycles. The van der Waals surface area contributed by atoms with Crippen molar-refractivity contribution in [3.8, 4) is 0 Å². The van der Waals surface area contributed by atoms with Gasteiger partial charge >= 0.3 is 5.97 Å². The second-order valence-electron chi connectivity index (χ2n) is 10.0. The van der Waals surface area contributed by atoms with Crippen LogP contribution in [0.4, 0.5) is 11.6 Å². The van der Waals surface area contributed by atoms with Crippen LogP contribution in [0.15, 0.2) is 59.8 Å². The van der Waals surface area contributed by atoms with Crippen LogP contribution in [0, 0.1) is 20.8 Å². The van der Waals surface area contributed by atoms with E-state index in [9.17, 15) is 23.1 Å². The summed E-state index contributed by atoms with van der Waals surface area (Å²) in [5.41, 5.74) is 3.13. The van der Waals surface area contributed by atoms with Crippen LogP contribution in [-0.4, -0.2) is 60.7 Å². The molecule has 0 radical (unpaired) electrons. The van der Waals surface area contributed by atoms with E-state index < -0.39 is 34.5 Å². The molecule has 2 heterocycles. The standard InChI is InChI=1S/C28H34N6O5S/c1-18-14-19(2)26(20(3)15-18)40(38,39)33-24(17-25(35)36)32-27(37)21-6-4-7-23(16-21)34-12-8-22(9-13-34)31-28-29-10-5-11-30-28/h4-7,10-11,14-16,22,24,33H,8-9,12-13,17H2,1-3H3,(H,32,37)(H,35,36)(H,29,30,31). The number of nitrogens with zero attached hydrogens (tertiary/aromatic N) is 3. The number of nitrogens with one attached hydrogen (secondary N) is 3. The molecule has 1 amide bonds. The zero-order chi connectivity index (χ0) is 28.9. The maximum Gasteiger partial charge on any atom is 0.306 e. The average Bonchev–Trinajstić information content (AvgIpc) is 2.88. The number of rotatable bonds is 10. The number of carbonyl (C=O) groups is 2. The maximum absolute atomic E-state index is 13.2. The largest absolute Gasteiger partial charge is 0.481 e. The molecule has 0 spiro atoms. The van der Waals surface area contributed by atoms with Crippen molar-refractivity contribution in [3.05, 3.63) is 77.1 Å². The fourth-order valence-corrected chi connectivity index (χ4v) is 6.66. The summed E-state index contributed by atoms with van der Waals surface area (Å²) in [6, 6.07) is 12.5. The predicted octanol–water partition coefficient (Wildman–Crippen LogP) is 2.99. The number of carboxylic acids is 1. The van der Waals surface area contributed by atoms with Crippen LogP contribution in [0.25, 0.3) is 0 Å². The molecule has 2 aromatic carbocycles. The Hall–Kier alpha value is -4.03. The molecular weight excluding hydrogens is 532 g/mol. The monoisotopic (exact) mass is 566 g/mol. The van der Waals surface area contributed by atoms with Crippen LogP contribution >= 0.6 is 0 Å². The van der Waals surface area contributed by atoms with Gasteiger partial charge in [-0.2, -0.15) is 4.72 Å². The smallest absolute Gasteiger partial charge is 0.306 e. The molecule has 4 rings (SSSR count). The van der Waals surface area contributed by atoms with Gasteiger partial charge in [0.1, 0.15) is 6.17 Å². The summed E-state index contributed by atoms with van der Waals surface area (Å²) in [5.74, 6) is -1.23. The van der Waals surface area contributed by atoms with Gasteiger partial charge in [-0.25, -0.2) is 18.4 Å². The van der Waals surface area contributed by atoms with E-state index in [2.05, 4.69) is 30.2 Å². The van der Waals surface area contributed by atoms with Gasteiger partial charge in [0.15, 0.2) is 0 Å². The first-order valence-electron chi connectivity index (χ1n) is 13.0. The van der Waals surface area contributed by atoms with Gasteiger partial charge in [0.2, 0.25) is 16.0 Å². The number of amides is 1. The molecule has 0 aliphatic carbocycles. The number of carbonyl (C=O) groups excluding carboxylic acids is 1. The Bertz CT molecular complexity index is 1450. The van der Waals surface area contributed by atoms with Crippen molar-refractivity contribution in [2.45, 2.75) is 57.1 Å². The Morgan fingerprint density at radius 2 is 1.68 bits per heavy atom. The lowest BCUT2D eigenvalue weighted by molar-refractivity contribution is -0.137. The zero-order valence-electron chi connectivity index (χ0n) is 22.7. The van der Waals surface area contributed by atoms with Gasteiger partial charge in [0.25, 0.3) is 5.91 Å². The number of hydrogen-bond acceptors (Lipinski definition) is 8. The quantitative estimate of drug-likeness (QED) is 0.271. The molecule has 1 aliphatic rings. The molecule has 1 unspecified atom stereocenters. The van der Waals surface area contributed by atoms with Crippen LogP contribution in [0.5, 0.6) is 0 Å². The molecule has 12 heteroatoms. The van der Waals surface area contributed by atoms with Crippen molar-refractivity contribution in [1.29, 1.82) is 0 Å². The lowest BCUT2D eigenvalue weighted by Gasteiger charge is -2.34. The van der Waals surface area contributed by atoms with E-state index in [4.69, 9.17) is 0 Å². The number of piperidine rings is 1. The minimum atomic E-state index is -4.12. The van der Waals surface area contributed by atoms with E-state index in [0.29, 0.717) is 22.6 Å². The Morgan fingerprint density at radius 1 is 1.02 bits per heavy atom. The summed E-state index contributed by atoms with van der Waals surface area (Å²) in [6.07, 6.45) is 3.13. The molecule has 11 nitrogen and oxygen atoms in total. The third kappa shape index (κ3) is 7.33. The number of hydrogen-bond donors (Lipinski definition) is 4. The van der Waals surface area contributed by atoms with Crippen molar-refractivity contribution in [3.63, 3.8) is 0 Å². The van der Waals surface area contributed by atoms with Gasteiger partial charge in [0.05, 0.1) is 11.3 Å². The molecular formula is C28H34N6O5S. The SMILES string of the molecule is Cc1cc(C)c(S(=O)(=O)NC(CC(=O)O)NC(=O)c2cccc(N3CCC(Nc4ncccn4)CC3)c2)c(C)c1. The lowest BCUT2D eigenvalue weighted by Crippen LogP contribution is -2.49. The fourth-order valence-electron chi connectivity index (χ4n) is 5.06. The Labute approximate surface area is 234 Å². The van der Waals surface area contributed by atoms with Crippen molar-refractivity contribution in [2.24, 2.45) is 0 Å². The van der Waals surface area contributed by atoms with Gasteiger partial charge in [-0.15, -0.1) is 0 Å². The third-order valence-electron chi connectivity index (χ3n) is 6.72. The average molecular weight is 567 g/mol. The van der Waals surface area contributed by atoms with Gasteiger partial charge in [-0.3, -0.25) is 9.59 Å². The number of aliphatic carboxylic acids is 1. The van der Waals surface area contributed by atoms with E-state index in [1.807, 2.05) is 13.0 Å². The van der Waals surface area contributed by atoms with Crippen molar-refractivity contribution in [2.75, 3.05) is 23.3 Å². The number of benzene rings is 2. The van der Waals surface area contributed by atoms with Gasteiger partial charge in [-0.1, -0.05) is 23.8 Å². The minimum absolute atomic E-state index is 0.0708. The highest BCUT2D eigenvalue weighted by Gasteiger charge is 2.27. The van der Waals surface area contributed by atoms with E-state index in [1.165, 1.54) is 0 Å². The minimum Gasteiger partial charge on any atom is -0.481 e. The molecule has 4 N–H and O–H groups in total. The van der Waals surface area contributed by atoms with Gasteiger partial charge in [0, 0.05) is 42.8 Å². The third-order valence-corrected chi connectivity index (χ3v) is 8.50. The molecule has 212 valence electrons. The van der Waals surface area contributed by atoms with Crippen molar-refractivity contribution < 1.29 is 23.1 Å². The first-order valence-corrected chi connectivity index (χ1v) is 14.5. The number of aryl methyl sites for hydroxylation is 3. The summed E-state index contributed by atoms with van der Waals surface area (Å²) in [5, 5.41) is 15.3. The zero-order valence-corrected chi connectivity index (χ0v) is 23.5. The first-order chi connectivity index (χ1) is 19.0. The highest BCUT2D eigenvalue weighted by atomic mass is 32.2. The second-order valence-corrected chi connectivity index (χ2v) is 11.7. The number of carboxylic acid groups (broad SMARTS) is 1. The fraction of sp³-hybridized carbons (Fsp3) is 0.357. The summed E-state index contributed by atoms with van der Waals surface area (Å²) in [6.45, 7) is 6.74. The van der Waals surface area contributed by atoms with Crippen LogP contribution in [0.3, 0.4) is 0 Å². The van der Waals surface area contributed by atoms with E-state index in [1.54, 1.807) is 62.6 Å². The summed E-state index contributed by atoms with van der Waals surface area (Å²) in [4.78, 5) is 35.3. The number of anilines is 2. The second kappa shape index (κ2) is 12.4.